The maximum atomic E-state index is 16.4. The maximum Gasteiger partial charge on any atom is 0.269 e. The summed E-state index contributed by atoms with van der Waals surface area (Å²) in [5, 5.41) is 22.2. The molecule has 0 aromatic heterocycles. The lowest BCUT2D eigenvalue weighted by molar-refractivity contribution is -0.385. The number of anilines is 2. The summed E-state index contributed by atoms with van der Waals surface area (Å²) >= 11 is 0. The minimum atomic E-state index is -3.64. The zero-order valence-electron chi connectivity index (χ0n) is 27.7. The highest BCUT2D eigenvalue weighted by molar-refractivity contribution is 6.72. The van der Waals surface area contributed by atoms with Gasteiger partial charge in [0.1, 0.15) is 0 Å². The van der Waals surface area contributed by atoms with E-state index in [0.717, 1.165) is 22.4 Å². The largest absolute Gasteiger partial charge is 0.394 e. The summed E-state index contributed by atoms with van der Waals surface area (Å²) in [5.41, 5.74) is 1.41. The number of aliphatic hydroxyl groups excluding tert-OH is 1. The first-order valence-electron chi connectivity index (χ1n) is 16.7. The lowest BCUT2D eigenvalue weighted by Crippen LogP contribution is -2.48. The van der Waals surface area contributed by atoms with Crippen LogP contribution in [0.25, 0.3) is 0 Å². The van der Waals surface area contributed by atoms with Gasteiger partial charge in [0.2, 0.25) is 20.2 Å². The second-order valence-corrected chi connectivity index (χ2v) is 17.9. The first-order valence-corrected chi connectivity index (χ1v) is 19.6. The molecule has 0 aliphatic carbocycles. The Hall–Kier alpha value is -4.46. The van der Waals surface area contributed by atoms with Gasteiger partial charge in [0.05, 0.1) is 42.3 Å². The summed E-state index contributed by atoms with van der Waals surface area (Å²) in [6.45, 7) is 5.57. The molecule has 2 fully saturated rings. The van der Waals surface area contributed by atoms with Crippen LogP contribution < -0.4 is 9.80 Å². The van der Waals surface area contributed by atoms with Crippen molar-refractivity contribution in [2.75, 3.05) is 23.0 Å². The quantitative estimate of drug-likeness (QED) is 0.116. The predicted octanol–water partition coefficient (Wildman–Crippen LogP) is 4.99. The summed E-state index contributed by atoms with van der Waals surface area (Å²) in [5.74, 6) is -1.52. The van der Waals surface area contributed by atoms with Crippen LogP contribution >= 0.6 is 0 Å². The standard InChI is InChI=1S/C36H39FN4O7Si/c1-22-34(49(2,3)37)31(18-33(44)39-20-25-9-5-4-8-24(25)16-28(39)21-42)48-36(22)29-17-27(41(46)47)11-12-30(29)40(35(36)45)19-23-7-6-10-26(15-23)38-14-13-32(38)43/h4-12,15,17,22,28,31,34,42H,13-14,16,18-21H2,1-3H3/t22-,28-,31+,34-,36+/m0/s1. The van der Waals surface area contributed by atoms with Gasteiger partial charge in [0, 0.05) is 54.4 Å². The minimum absolute atomic E-state index is 0.0166. The Morgan fingerprint density at radius 2 is 1.86 bits per heavy atom. The van der Waals surface area contributed by atoms with Crippen LogP contribution in [0.15, 0.2) is 66.7 Å². The van der Waals surface area contributed by atoms with Gasteiger partial charge in [-0.05, 0) is 54.4 Å². The number of benzene rings is 3. The number of rotatable bonds is 8. The monoisotopic (exact) mass is 686 g/mol. The van der Waals surface area contributed by atoms with E-state index < -0.39 is 48.4 Å². The van der Waals surface area contributed by atoms with Crippen LogP contribution in [0.2, 0.25) is 18.6 Å². The molecule has 11 nitrogen and oxygen atoms in total. The van der Waals surface area contributed by atoms with E-state index in [9.17, 15) is 29.6 Å². The van der Waals surface area contributed by atoms with Crippen molar-refractivity contribution >= 4 is 43.2 Å². The molecule has 7 rings (SSSR count). The molecule has 1 N–H and O–H groups in total. The zero-order valence-corrected chi connectivity index (χ0v) is 28.7. The number of non-ortho nitro benzene ring substituents is 1. The van der Waals surface area contributed by atoms with Crippen LogP contribution in [0.3, 0.4) is 0 Å². The van der Waals surface area contributed by atoms with Crippen molar-refractivity contribution in [1.29, 1.82) is 0 Å². The number of halogens is 1. The summed E-state index contributed by atoms with van der Waals surface area (Å²) in [6.07, 6.45) is -0.236. The molecule has 256 valence electrons. The molecular formula is C36H39FN4O7Si. The number of hydrogen-bond acceptors (Lipinski definition) is 7. The fourth-order valence-corrected chi connectivity index (χ4v) is 10.9. The highest BCUT2D eigenvalue weighted by Crippen LogP contribution is 2.60. The van der Waals surface area contributed by atoms with Crippen molar-refractivity contribution in [3.63, 3.8) is 0 Å². The second-order valence-electron chi connectivity index (χ2n) is 14.1. The summed E-state index contributed by atoms with van der Waals surface area (Å²) in [6, 6.07) is 18.8. The van der Waals surface area contributed by atoms with Crippen LogP contribution in [-0.2, 0) is 44.2 Å². The van der Waals surface area contributed by atoms with Gasteiger partial charge in [-0.3, -0.25) is 24.5 Å². The first-order chi connectivity index (χ1) is 23.3. The van der Waals surface area contributed by atoms with Crippen LogP contribution in [-0.4, -0.2) is 66.4 Å². The third-order valence-corrected chi connectivity index (χ3v) is 13.3. The van der Waals surface area contributed by atoms with E-state index in [4.69, 9.17) is 4.74 Å². The third-order valence-electron chi connectivity index (χ3n) is 10.8. The molecule has 0 saturated carbocycles. The second kappa shape index (κ2) is 12.1. The molecule has 4 aliphatic heterocycles. The third kappa shape index (κ3) is 5.44. The van der Waals surface area contributed by atoms with E-state index in [-0.39, 0.29) is 42.6 Å². The molecule has 49 heavy (non-hydrogen) atoms. The highest BCUT2D eigenvalue weighted by Gasteiger charge is 2.67. The van der Waals surface area contributed by atoms with Gasteiger partial charge in [-0.2, -0.15) is 0 Å². The Balaban J connectivity index is 1.25. The number of β-lactam (4-membered cyclic amide) rings is 1. The van der Waals surface area contributed by atoms with E-state index >= 15 is 4.11 Å². The van der Waals surface area contributed by atoms with Gasteiger partial charge in [-0.25, -0.2) is 0 Å². The first kappa shape index (κ1) is 33.1. The van der Waals surface area contributed by atoms with E-state index in [2.05, 4.69) is 0 Å². The number of aliphatic hydroxyl groups is 1. The lowest BCUT2D eigenvalue weighted by Gasteiger charge is -2.37. The van der Waals surface area contributed by atoms with Gasteiger partial charge >= 0.3 is 0 Å². The Labute approximate surface area is 284 Å². The Kier molecular flexibility index (Phi) is 8.19. The molecule has 1 spiro atoms. The van der Waals surface area contributed by atoms with Crippen molar-refractivity contribution in [2.45, 2.75) is 75.7 Å². The van der Waals surface area contributed by atoms with Crippen molar-refractivity contribution in [2.24, 2.45) is 5.92 Å². The van der Waals surface area contributed by atoms with Crippen molar-refractivity contribution in [3.05, 3.63) is 99.1 Å². The van der Waals surface area contributed by atoms with Crippen LogP contribution in [0.1, 0.15) is 42.0 Å². The number of nitrogens with zero attached hydrogens (tertiary/aromatic N) is 4. The number of carbonyl (C=O) groups excluding carboxylic acids is 3. The van der Waals surface area contributed by atoms with E-state index in [0.29, 0.717) is 31.6 Å². The molecule has 4 heterocycles. The van der Waals surface area contributed by atoms with Gasteiger partial charge in [0.25, 0.3) is 11.6 Å². The normalized spacial score (nSPS) is 26.2. The fraction of sp³-hybridized carbons (Fsp3) is 0.417. The van der Waals surface area contributed by atoms with Crippen molar-refractivity contribution in [1.82, 2.24) is 4.90 Å². The highest BCUT2D eigenvalue weighted by atomic mass is 28.4. The number of carbonyl (C=O) groups is 3. The molecule has 4 aliphatic rings. The molecule has 3 aromatic rings. The van der Waals surface area contributed by atoms with E-state index in [1.54, 1.807) is 16.7 Å². The van der Waals surface area contributed by atoms with Crippen LogP contribution in [0.4, 0.5) is 21.2 Å². The Morgan fingerprint density at radius 1 is 1.10 bits per heavy atom. The molecule has 0 radical (unpaired) electrons. The van der Waals surface area contributed by atoms with Gasteiger partial charge in [-0.1, -0.05) is 43.3 Å². The van der Waals surface area contributed by atoms with Gasteiger partial charge in [-0.15, -0.1) is 0 Å². The fourth-order valence-electron chi connectivity index (χ4n) is 8.43. The maximum absolute atomic E-state index is 16.4. The van der Waals surface area contributed by atoms with Gasteiger partial charge in [0.15, 0.2) is 5.60 Å². The molecule has 3 aromatic carbocycles. The number of nitro groups is 1. The predicted molar refractivity (Wildman–Crippen MR) is 182 cm³/mol. The number of ether oxygens (including phenoxy) is 1. The smallest absolute Gasteiger partial charge is 0.269 e. The van der Waals surface area contributed by atoms with E-state index in [1.807, 2.05) is 48.5 Å². The number of nitro benzene ring substituents is 1. The molecular weight excluding hydrogens is 648 g/mol. The van der Waals surface area contributed by atoms with Crippen molar-refractivity contribution < 1.29 is 33.3 Å². The average Bonchev–Trinajstić information content (AvgIpc) is 3.49. The van der Waals surface area contributed by atoms with E-state index in [1.165, 1.54) is 36.2 Å². The molecule has 3 amide bonds. The Bertz CT molecular complexity index is 1870. The van der Waals surface area contributed by atoms with Crippen molar-refractivity contribution in [3.8, 4) is 0 Å². The molecule has 5 atom stereocenters. The lowest BCUT2D eigenvalue weighted by atomic mass is 9.82. The minimum Gasteiger partial charge on any atom is -0.394 e. The molecule has 0 unspecified atom stereocenters. The number of fused-ring (bicyclic) bond motifs is 3. The van der Waals surface area contributed by atoms with Crippen LogP contribution in [0, 0.1) is 16.0 Å². The summed E-state index contributed by atoms with van der Waals surface area (Å²) in [7, 11) is -3.64. The molecule has 0 bridgehead atoms. The SMILES string of the molecule is C[C@H]1[C@H]([Si](C)(C)F)[C@@H](CC(=O)N2Cc3ccccc3C[C@H]2CO)O[C@]12C(=O)N(Cc1cccc(N3CCC3=O)c1)c1ccc([N+](=O)[O-])cc12. The zero-order chi connectivity index (χ0) is 34.8. The molecule has 13 heteroatoms. The number of amides is 3. The summed E-state index contributed by atoms with van der Waals surface area (Å²) < 4.78 is 23.2. The Morgan fingerprint density at radius 3 is 2.51 bits per heavy atom. The number of hydrogen-bond donors (Lipinski definition) is 1. The van der Waals surface area contributed by atoms with Gasteiger partial charge < -0.3 is 28.7 Å². The molecule has 2 saturated heterocycles. The summed E-state index contributed by atoms with van der Waals surface area (Å²) in [4.78, 5) is 57.2. The topological polar surface area (TPSA) is 134 Å². The average molecular weight is 687 g/mol. The van der Waals surface area contributed by atoms with Crippen LogP contribution in [0.5, 0.6) is 0 Å².